The second-order valence-corrected chi connectivity index (χ2v) is 4.24. The number of nitrogens with one attached hydrogen (secondary N) is 1. The first kappa shape index (κ1) is 22.8. The van der Waals surface area contributed by atoms with E-state index in [1.54, 1.807) is 0 Å². The van der Waals surface area contributed by atoms with Crippen LogP contribution < -0.4 is 40.6 Å². The third-order valence-electron chi connectivity index (χ3n) is 1.98. The Bertz CT molecular complexity index is 208. The van der Waals surface area contributed by atoms with Crippen molar-refractivity contribution in [2.75, 3.05) is 0 Å². The predicted molar refractivity (Wildman–Crippen MR) is 75.4 cm³/mol. The number of unbranched alkanes of at least 4 members (excludes halogenated alkanes) is 2. The smallest absolute Gasteiger partial charge is 1.00 e. The Kier molecular flexibility index (Phi) is 22.3. The molecule has 0 aromatic rings. The monoisotopic (exact) mass is 290 g/mol. The number of thiol groups is 2. The Morgan fingerprint density at radius 1 is 1.29 bits per heavy atom. The first-order valence-electron chi connectivity index (χ1n) is 5.41. The van der Waals surface area contributed by atoms with E-state index in [9.17, 15) is 4.79 Å². The molecule has 3 N–H and O–H groups in total. The van der Waals surface area contributed by atoms with E-state index in [0.29, 0.717) is 6.04 Å². The normalized spacial score (nSPS) is 10.4. The average Bonchev–Trinajstić information content (AvgIpc) is 2.15. The van der Waals surface area contributed by atoms with Crippen molar-refractivity contribution in [3.05, 3.63) is 0 Å². The number of rotatable bonds is 6. The molecule has 2 amide bonds. The molecule has 0 rings (SSSR count). The fourth-order valence-electron chi connectivity index (χ4n) is 1.19. The summed E-state index contributed by atoms with van der Waals surface area (Å²) in [6.07, 6.45) is 5.75. The van der Waals surface area contributed by atoms with Crippen molar-refractivity contribution in [1.29, 1.82) is 0 Å². The van der Waals surface area contributed by atoms with Crippen molar-refractivity contribution in [2.45, 2.75) is 52.0 Å². The van der Waals surface area contributed by atoms with Crippen LogP contribution in [-0.4, -0.2) is 16.5 Å². The number of amides is 2. The van der Waals surface area contributed by atoms with E-state index < -0.39 is 5.24 Å². The Labute approximate surface area is 138 Å². The first-order valence-corrected chi connectivity index (χ1v) is 6.31. The second-order valence-electron chi connectivity index (χ2n) is 3.39. The van der Waals surface area contributed by atoms with Gasteiger partial charge in [0.05, 0.1) is 0 Å². The molecule has 0 aliphatic rings. The number of carbonyl (C=O) groups is 2. The van der Waals surface area contributed by atoms with Crippen molar-refractivity contribution >= 4 is 35.7 Å². The Morgan fingerprint density at radius 2 is 1.76 bits per heavy atom. The van der Waals surface area contributed by atoms with Crippen LogP contribution in [0.4, 0.5) is 9.59 Å². The quantitative estimate of drug-likeness (QED) is 0.318. The summed E-state index contributed by atoms with van der Waals surface area (Å²) >= 11 is 6.79. The van der Waals surface area contributed by atoms with E-state index in [2.05, 4.69) is 50.2 Å². The molecular formula is C10H23N2NaO2S2. The van der Waals surface area contributed by atoms with Gasteiger partial charge in [-0.3, -0.25) is 9.59 Å². The van der Waals surface area contributed by atoms with Gasteiger partial charge in [0.15, 0.2) is 0 Å². The topological polar surface area (TPSA) is 72.2 Å². The van der Waals surface area contributed by atoms with Crippen LogP contribution in [0.15, 0.2) is 0 Å². The molecule has 0 fully saturated rings. The van der Waals surface area contributed by atoms with Crippen LogP contribution in [0.25, 0.3) is 0 Å². The molecule has 1 unspecified atom stereocenters. The summed E-state index contributed by atoms with van der Waals surface area (Å²) in [5.41, 5.74) is 4.34. The molecular weight excluding hydrogens is 267 g/mol. The molecule has 98 valence electrons. The molecule has 0 heterocycles. The fraction of sp³-hybridized carbons (Fsp3) is 0.800. The van der Waals surface area contributed by atoms with Gasteiger partial charge in [-0.2, -0.15) is 0 Å². The Morgan fingerprint density at radius 3 is 2.06 bits per heavy atom. The van der Waals surface area contributed by atoms with E-state index in [-0.39, 0.29) is 36.2 Å². The molecule has 0 aromatic carbocycles. The standard InChI is InChI=1S/C9H19NOS.CH3NOS.Na.H/c1-3-5-6-7-8(4-2)10-9(11)12;2-1(3)4;;/h8H,3-7H2,1-2H3,(H2,10,11,12);(H3,2,3,4);;/q;;+1;-1. The molecule has 0 saturated heterocycles. The van der Waals surface area contributed by atoms with E-state index in [4.69, 9.17) is 4.79 Å². The molecule has 0 bridgehead atoms. The van der Waals surface area contributed by atoms with Gasteiger partial charge in [-0.05, 0) is 12.8 Å². The number of carbonyl (C=O) groups excluding carboxylic acids is 2. The summed E-state index contributed by atoms with van der Waals surface area (Å²) in [5.74, 6) is 0. The third-order valence-corrected chi connectivity index (χ3v) is 2.11. The van der Waals surface area contributed by atoms with Crippen LogP contribution in [0.2, 0.25) is 0 Å². The number of nitrogens with two attached hydrogens (primary N) is 1. The Hall–Kier alpha value is 0.640. The van der Waals surface area contributed by atoms with Crippen LogP contribution in [0.3, 0.4) is 0 Å². The van der Waals surface area contributed by atoms with Gasteiger partial charge in [-0.1, -0.05) is 58.4 Å². The fourth-order valence-corrected chi connectivity index (χ4v) is 1.38. The zero-order valence-electron chi connectivity index (χ0n) is 11.9. The van der Waals surface area contributed by atoms with E-state index in [1.807, 2.05) is 0 Å². The molecule has 0 saturated carbocycles. The predicted octanol–water partition coefficient (Wildman–Crippen LogP) is 0.0961. The van der Waals surface area contributed by atoms with Gasteiger partial charge < -0.3 is 12.5 Å². The molecule has 0 aliphatic heterocycles. The molecule has 17 heavy (non-hydrogen) atoms. The summed E-state index contributed by atoms with van der Waals surface area (Å²) in [7, 11) is 0. The van der Waals surface area contributed by atoms with Crippen molar-refractivity contribution < 1.29 is 40.6 Å². The van der Waals surface area contributed by atoms with Crippen molar-refractivity contribution in [1.82, 2.24) is 5.32 Å². The summed E-state index contributed by atoms with van der Waals surface area (Å²) in [6.45, 7) is 4.26. The molecule has 0 radical (unpaired) electrons. The van der Waals surface area contributed by atoms with E-state index >= 15 is 0 Å². The van der Waals surface area contributed by atoms with Crippen molar-refractivity contribution in [3.63, 3.8) is 0 Å². The summed E-state index contributed by atoms with van der Waals surface area (Å²) in [6, 6.07) is 0.321. The molecule has 0 aliphatic carbocycles. The van der Waals surface area contributed by atoms with Gasteiger partial charge in [0, 0.05) is 6.04 Å². The summed E-state index contributed by atoms with van der Waals surface area (Å²) < 4.78 is 0. The van der Waals surface area contributed by atoms with Crippen LogP contribution in [-0.2, 0) is 0 Å². The minimum Gasteiger partial charge on any atom is -1.00 e. The minimum atomic E-state index is -0.639. The SMILES string of the molecule is CCCCCC(CC)NC(=O)S.NC(=O)S.[H-].[Na+]. The van der Waals surface area contributed by atoms with Crippen LogP contribution in [0, 0.1) is 0 Å². The number of hydrogen-bond donors (Lipinski definition) is 4. The van der Waals surface area contributed by atoms with Crippen molar-refractivity contribution in [2.24, 2.45) is 5.73 Å². The first-order chi connectivity index (χ1) is 7.43. The molecule has 4 nitrogen and oxygen atoms in total. The molecule has 0 spiro atoms. The van der Waals surface area contributed by atoms with Gasteiger partial charge in [0.1, 0.15) is 0 Å². The van der Waals surface area contributed by atoms with E-state index in [1.165, 1.54) is 19.3 Å². The summed E-state index contributed by atoms with van der Waals surface area (Å²) in [4.78, 5) is 19.7. The Balaban J connectivity index is -0.000000143. The van der Waals surface area contributed by atoms with Crippen LogP contribution >= 0.6 is 25.3 Å². The van der Waals surface area contributed by atoms with Crippen molar-refractivity contribution in [3.8, 4) is 0 Å². The summed E-state index contributed by atoms with van der Waals surface area (Å²) in [5, 5.41) is 1.96. The largest absolute Gasteiger partial charge is 1.00 e. The maximum Gasteiger partial charge on any atom is 1.00 e. The van der Waals surface area contributed by atoms with Gasteiger partial charge in [0.25, 0.3) is 10.5 Å². The number of primary amides is 1. The minimum absolute atomic E-state index is 0. The van der Waals surface area contributed by atoms with Gasteiger partial charge in [-0.15, -0.1) is 0 Å². The second kappa shape index (κ2) is 16.6. The molecule has 1 atom stereocenters. The average molecular weight is 290 g/mol. The maximum absolute atomic E-state index is 10.6. The molecule has 7 heteroatoms. The maximum atomic E-state index is 10.6. The molecule has 0 aromatic heterocycles. The van der Waals surface area contributed by atoms with Crippen LogP contribution in [0.1, 0.15) is 47.4 Å². The third kappa shape index (κ3) is 26.3. The number of hydrogen-bond acceptors (Lipinski definition) is 2. The van der Waals surface area contributed by atoms with E-state index in [0.717, 1.165) is 12.8 Å². The zero-order valence-corrected chi connectivity index (χ0v) is 14.7. The zero-order chi connectivity index (χ0) is 13.0. The van der Waals surface area contributed by atoms with Crippen LogP contribution in [0.5, 0.6) is 0 Å². The van der Waals surface area contributed by atoms with Gasteiger partial charge in [0.2, 0.25) is 0 Å². The van der Waals surface area contributed by atoms with Gasteiger partial charge >= 0.3 is 29.6 Å². The van der Waals surface area contributed by atoms with Gasteiger partial charge in [-0.25, -0.2) is 0 Å².